The van der Waals surface area contributed by atoms with Crippen molar-refractivity contribution in [1.29, 1.82) is 0 Å². The second kappa shape index (κ2) is 18.8. The number of nitrogens with zero attached hydrogens (tertiary/aromatic N) is 1. The smallest absolute Gasteiger partial charge is 0.458 e. The number of Topliss-reactive ketones (excluding diaryl/α,β-unsaturated/α-hetero) is 2. The summed E-state index contributed by atoms with van der Waals surface area (Å²) in [6, 6.07) is 7.04. The molecule has 1 heterocycles. The van der Waals surface area contributed by atoms with Crippen molar-refractivity contribution in [3.05, 3.63) is 53.1 Å². The Bertz CT molecular complexity index is 1510. The topological polar surface area (TPSA) is 137 Å². The Labute approximate surface area is 287 Å². The number of benzene rings is 2. The first-order valence-corrected chi connectivity index (χ1v) is 16.1. The number of amides is 2. The first-order valence-electron chi connectivity index (χ1n) is 16.1. The number of fused-ring (bicyclic) bond motifs is 1. The lowest BCUT2D eigenvalue weighted by atomic mass is 9.94. The third kappa shape index (κ3) is 12.7. The minimum atomic E-state index is -5.77. The number of carbonyl (C=O) groups excluding carboxylic acids is 4. The SMILES string of the molecule is O=C(C(=O)C(F)(F)F)C(F)(F)F.O=C1COc2c(CCNCCN(C(=O)CCNCCc3cc(F)ccc3F)C3CCCCC3)ccc(O)c2N1. The van der Waals surface area contributed by atoms with Crippen molar-refractivity contribution in [2.45, 2.75) is 69.8 Å². The number of ether oxygens (including phenoxy) is 1. The van der Waals surface area contributed by atoms with Crippen LogP contribution in [-0.4, -0.2) is 91.1 Å². The molecule has 0 spiro atoms. The van der Waals surface area contributed by atoms with E-state index in [4.69, 9.17) is 4.74 Å². The maximum absolute atomic E-state index is 13.8. The Kier molecular flexibility index (Phi) is 15.1. The van der Waals surface area contributed by atoms with Crippen LogP contribution in [0.5, 0.6) is 11.5 Å². The highest BCUT2D eigenvalue weighted by atomic mass is 19.4. The van der Waals surface area contributed by atoms with Crippen LogP contribution in [-0.2, 0) is 32.0 Å². The monoisotopic (exact) mass is 738 g/mol. The van der Waals surface area contributed by atoms with E-state index in [1.165, 1.54) is 12.5 Å². The van der Waals surface area contributed by atoms with Gasteiger partial charge in [0, 0.05) is 32.1 Å². The first-order chi connectivity index (χ1) is 24.0. The van der Waals surface area contributed by atoms with E-state index in [0.29, 0.717) is 69.0 Å². The summed E-state index contributed by atoms with van der Waals surface area (Å²) in [5.74, 6) is -7.40. The number of ketones is 2. The largest absolute Gasteiger partial charge is 0.506 e. The highest BCUT2D eigenvalue weighted by Gasteiger charge is 2.54. The zero-order chi connectivity index (χ0) is 37.8. The van der Waals surface area contributed by atoms with Gasteiger partial charge in [-0.05, 0) is 74.2 Å². The molecule has 0 bridgehead atoms. The third-order valence-electron chi connectivity index (χ3n) is 8.08. The lowest BCUT2D eigenvalue weighted by Gasteiger charge is -2.34. The minimum Gasteiger partial charge on any atom is -0.506 e. The van der Waals surface area contributed by atoms with Gasteiger partial charge in [-0.1, -0.05) is 25.3 Å². The maximum Gasteiger partial charge on any atom is 0.458 e. The molecule has 1 fully saturated rings. The maximum atomic E-state index is 13.8. The molecule has 51 heavy (non-hydrogen) atoms. The summed E-state index contributed by atoms with van der Waals surface area (Å²) in [5, 5.41) is 19.3. The molecule has 0 saturated heterocycles. The predicted octanol–water partition coefficient (Wildman–Crippen LogP) is 4.77. The number of phenols is 1. The van der Waals surface area contributed by atoms with Crippen molar-refractivity contribution in [3.63, 3.8) is 0 Å². The third-order valence-corrected chi connectivity index (χ3v) is 8.08. The number of alkyl halides is 6. The molecule has 0 unspecified atom stereocenters. The lowest BCUT2D eigenvalue weighted by Crippen LogP contribution is -2.45. The van der Waals surface area contributed by atoms with Gasteiger partial charge in [0.25, 0.3) is 5.91 Å². The van der Waals surface area contributed by atoms with Crippen molar-refractivity contribution < 1.29 is 64.1 Å². The highest BCUT2D eigenvalue weighted by molar-refractivity contribution is 6.41. The molecule has 2 aromatic rings. The Morgan fingerprint density at radius 2 is 1.45 bits per heavy atom. The molecule has 282 valence electrons. The van der Waals surface area contributed by atoms with Crippen LogP contribution in [0.1, 0.15) is 49.7 Å². The van der Waals surface area contributed by atoms with Crippen molar-refractivity contribution in [3.8, 4) is 11.5 Å². The molecule has 2 aliphatic rings. The first kappa shape index (κ1) is 41.1. The molecule has 0 radical (unpaired) electrons. The van der Waals surface area contributed by atoms with E-state index < -0.39 is 35.6 Å². The fourth-order valence-corrected chi connectivity index (χ4v) is 5.54. The number of rotatable bonds is 14. The number of carbonyl (C=O) groups is 4. The van der Waals surface area contributed by atoms with Crippen molar-refractivity contribution in [2.75, 3.05) is 44.6 Å². The van der Waals surface area contributed by atoms with E-state index in [2.05, 4.69) is 16.0 Å². The quantitative estimate of drug-likeness (QED) is 0.0943. The normalized spacial score (nSPS) is 14.8. The molecule has 0 aromatic heterocycles. The number of nitrogens with one attached hydrogen (secondary N) is 3. The Hall–Kier alpha value is -4.32. The van der Waals surface area contributed by atoms with Crippen molar-refractivity contribution in [2.24, 2.45) is 0 Å². The van der Waals surface area contributed by atoms with Crippen LogP contribution in [0.2, 0.25) is 0 Å². The van der Waals surface area contributed by atoms with Crippen LogP contribution in [0.3, 0.4) is 0 Å². The molecule has 1 aliphatic carbocycles. The summed E-state index contributed by atoms with van der Waals surface area (Å²) in [7, 11) is 0. The number of phenolic OH excluding ortho intramolecular Hbond substituents is 1. The Balaban J connectivity index is 0.000000501. The molecule has 18 heteroatoms. The molecule has 0 atom stereocenters. The number of hydrogen-bond acceptors (Lipinski definition) is 8. The highest BCUT2D eigenvalue weighted by Crippen LogP contribution is 2.39. The minimum absolute atomic E-state index is 0.0213. The average molecular weight is 739 g/mol. The molecule has 1 saturated carbocycles. The summed E-state index contributed by atoms with van der Waals surface area (Å²) < 4.78 is 99.7. The summed E-state index contributed by atoms with van der Waals surface area (Å²) in [6.07, 6.45) is -4.70. The van der Waals surface area contributed by atoms with Gasteiger partial charge in [-0.3, -0.25) is 19.2 Å². The van der Waals surface area contributed by atoms with Crippen LogP contribution in [0.4, 0.5) is 40.8 Å². The number of halogens is 8. The van der Waals surface area contributed by atoms with Crippen LogP contribution in [0.15, 0.2) is 30.3 Å². The van der Waals surface area contributed by atoms with Crippen molar-refractivity contribution in [1.82, 2.24) is 15.5 Å². The van der Waals surface area contributed by atoms with Gasteiger partial charge >= 0.3 is 23.9 Å². The van der Waals surface area contributed by atoms with E-state index in [0.717, 1.165) is 43.4 Å². The van der Waals surface area contributed by atoms with Crippen LogP contribution < -0.4 is 20.7 Å². The second-order valence-electron chi connectivity index (χ2n) is 11.8. The molecule has 2 amide bonds. The summed E-state index contributed by atoms with van der Waals surface area (Å²) >= 11 is 0. The molecule has 4 rings (SSSR count). The zero-order valence-corrected chi connectivity index (χ0v) is 27.3. The summed E-state index contributed by atoms with van der Waals surface area (Å²) in [6.45, 7) is 2.78. The molecule has 10 nitrogen and oxygen atoms in total. The van der Waals surface area contributed by atoms with Gasteiger partial charge in [0.1, 0.15) is 23.1 Å². The molecular formula is C33H38F8N4O6. The predicted molar refractivity (Wildman–Crippen MR) is 167 cm³/mol. The Morgan fingerprint density at radius 1 is 0.843 bits per heavy atom. The van der Waals surface area contributed by atoms with Gasteiger partial charge < -0.3 is 30.7 Å². The summed E-state index contributed by atoms with van der Waals surface area (Å²) in [4.78, 5) is 46.0. The van der Waals surface area contributed by atoms with E-state index in [-0.39, 0.29) is 30.2 Å². The standard InChI is InChI=1S/C29H38F2N4O4.C4F6O2/c30-22-7-8-24(31)21(18-22)11-14-32-15-12-27(38)35(23-4-2-1-3-5-23)17-16-33-13-10-20-6-9-25(36)28-29(20)39-19-26(37)34-28;5-3(6,7)1(11)2(12)4(8,9)10/h6-9,18,23,32-33,36H,1-5,10-17,19H2,(H,34,37);. The van der Waals surface area contributed by atoms with Crippen LogP contribution in [0, 0.1) is 11.6 Å². The van der Waals surface area contributed by atoms with Crippen molar-refractivity contribution >= 4 is 29.1 Å². The van der Waals surface area contributed by atoms with E-state index in [1.807, 2.05) is 4.90 Å². The fraction of sp³-hybridized carbons (Fsp3) is 0.515. The zero-order valence-electron chi connectivity index (χ0n) is 27.3. The fourth-order valence-electron chi connectivity index (χ4n) is 5.54. The molecule has 4 N–H and O–H groups in total. The van der Waals surface area contributed by atoms with E-state index in [1.54, 1.807) is 12.1 Å². The van der Waals surface area contributed by atoms with Gasteiger partial charge in [-0.2, -0.15) is 26.3 Å². The molecule has 1 aliphatic heterocycles. The average Bonchev–Trinajstić information content (AvgIpc) is 3.07. The van der Waals surface area contributed by atoms with Gasteiger partial charge in [0.15, 0.2) is 12.4 Å². The van der Waals surface area contributed by atoms with Crippen LogP contribution in [0.25, 0.3) is 0 Å². The molecular weight excluding hydrogens is 700 g/mol. The van der Waals surface area contributed by atoms with Crippen LogP contribution >= 0.6 is 0 Å². The number of hydrogen-bond donors (Lipinski definition) is 4. The number of aromatic hydroxyl groups is 1. The number of anilines is 1. The second-order valence-corrected chi connectivity index (χ2v) is 11.8. The Morgan fingerprint density at radius 3 is 2.08 bits per heavy atom. The lowest BCUT2D eigenvalue weighted by molar-refractivity contribution is -0.193. The van der Waals surface area contributed by atoms with Gasteiger partial charge in [0.2, 0.25) is 5.91 Å². The summed E-state index contributed by atoms with van der Waals surface area (Å²) in [5.41, 5.74) is 1.53. The molecule has 2 aromatic carbocycles. The van der Waals surface area contributed by atoms with Gasteiger partial charge in [-0.15, -0.1) is 0 Å². The van der Waals surface area contributed by atoms with Gasteiger partial charge in [0.05, 0.1) is 0 Å². The van der Waals surface area contributed by atoms with E-state index >= 15 is 0 Å². The van der Waals surface area contributed by atoms with E-state index in [9.17, 15) is 59.4 Å². The van der Waals surface area contributed by atoms with Gasteiger partial charge in [-0.25, -0.2) is 8.78 Å².